The van der Waals surface area contributed by atoms with Crippen molar-refractivity contribution in [1.29, 1.82) is 0 Å². The molecule has 0 saturated heterocycles. The van der Waals surface area contributed by atoms with Crippen LogP contribution in [0.3, 0.4) is 0 Å². The number of nitrogens with zero attached hydrogens (tertiary/aromatic N) is 2. The summed E-state index contributed by atoms with van der Waals surface area (Å²) in [6.45, 7) is 4.43. The number of halogens is 1. The normalized spacial score (nSPS) is 12.3. The van der Waals surface area contributed by atoms with Gasteiger partial charge in [-0.1, -0.05) is 13.8 Å². The number of aromatic nitrogens is 1. The zero-order valence-corrected chi connectivity index (χ0v) is 14.3. The molecule has 1 heterocycles. The molecule has 0 aromatic carbocycles. The summed E-state index contributed by atoms with van der Waals surface area (Å²) < 4.78 is 27.5. The van der Waals surface area contributed by atoms with Gasteiger partial charge in [-0.25, -0.2) is 12.7 Å². The summed E-state index contributed by atoms with van der Waals surface area (Å²) in [5.74, 6) is -0.668. The van der Waals surface area contributed by atoms with Gasteiger partial charge in [0.2, 0.25) is 10.0 Å². The first-order valence-electron chi connectivity index (χ1n) is 6.14. The predicted octanol–water partition coefficient (Wildman–Crippen LogP) is 0.151. The highest BCUT2D eigenvalue weighted by Gasteiger charge is 2.28. The lowest BCUT2D eigenvalue weighted by atomic mass is 9.94. The molecule has 0 bridgehead atoms. The number of hydrogen-bond donors (Lipinski definition) is 2. The van der Waals surface area contributed by atoms with Crippen LogP contribution in [-0.4, -0.2) is 43.3 Å². The Labute approximate surface area is 131 Å². The first-order chi connectivity index (χ1) is 9.01. The van der Waals surface area contributed by atoms with Crippen molar-refractivity contribution < 1.29 is 13.2 Å². The van der Waals surface area contributed by atoms with Gasteiger partial charge in [0.15, 0.2) is 0 Å². The van der Waals surface area contributed by atoms with Crippen LogP contribution in [0.2, 0.25) is 0 Å². The molecule has 0 aliphatic heterocycles. The molecule has 1 aromatic rings. The van der Waals surface area contributed by atoms with Crippen molar-refractivity contribution in [3.63, 3.8) is 0 Å². The van der Waals surface area contributed by atoms with Crippen molar-refractivity contribution >= 4 is 28.3 Å². The minimum Gasteiger partial charge on any atom is -0.364 e. The molecule has 7 nitrogen and oxygen atoms in total. The fourth-order valence-electron chi connectivity index (χ4n) is 1.85. The van der Waals surface area contributed by atoms with Gasteiger partial charge in [0.05, 0.1) is 0 Å². The number of primary amides is 1. The summed E-state index contributed by atoms with van der Waals surface area (Å²) >= 11 is 0. The van der Waals surface area contributed by atoms with E-state index in [1.165, 1.54) is 28.2 Å². The summed E-state index contributed by atoms with van der Waals surface area (Å²) in [7, 11) is -0.606. The molecule has 0 unspecified atom stereocenters. The van der Waals surface area contributed by atoms with Gasteiger partial charge >= 0.3 is 0 Å². The number of nitrogens with two attached hydrogens (primary N) is 2. The van der Waals surface area contributed by atoms with E-state index in [0.717, 1.165) is 0 Å². The molecule has 21 heavy (non-hydrogen) atoms. The van der Waals surface area contributed by atoms with Crippen LogP contribution in [0.1, 0.15) is 24.3 Å². The first-order valence-corrected chi connectivity index (χ1v) is 7.58. The van der Waals surface area contributed by atoms with E-state index in [-0.39, 0.29) is 35.0 Å². The van der Waals surface area contributed by atoms with Crippen LogP contribution in [0.4, 0.5) is 0 Å². The number of hydrogen-bond acceptors (Lipinski definition) is 4. The maximum absolute atomic E-state index is 12.4. The van der Waals surface area contributed by atoms with Crippen molar-refractivity contribution in [3.05, 3.63) is 18.0 Å². The summed E-state index contributed by atoms with van der Waals surface area (Å²) in [5.41, 5.74) is 10.6. The number of sulfonamides is 1. The Morgan fingerprint density at radius 3 is 2.33 bits per heavy atom. The minimum absolute atomic E-state index is 0. The second-order valence-corrected chi connectivity index (χ2v) is 7.71. The Balaban J connectivity index is 0.00000400. The van der Waals surface area contributed by atoms with Gasteiger partial charge < -0.3 is 16.0 Å². The molecule has 0 spiro atoms. The molecule has 4 N–H and O–H groups in total. The van der Waals surface area contributed by atoms with Crippen LogP contribution < -0.4 is 11.5 Å². The summed E-state index contributed by atoms with van der Waals surface area (Å²) in [4.78, 5) is 11.2. The highest BCUT2D eigenvalue weighted by atomic mass is 35.5. The third-order valence-corrected chi connectivity index (χ3v) is 4.91. The molecule has 1 amide bonds. The number of amides is 1. The number of carbonyl (C=O) groups is 1. The zero-order chi connectivity index (χ0) is 15.7. The Kier molecular flexibility index (Phi) is 6.43. The lowest BCUT2D eigenvalue weighted by molar-refractivity contribution is 0.0992. The van der Waals surface area contributed by atoms with E-state index in [2.05, 4.69) is 0 Å². The van der Waals surface area contributed by atoms with Crippen LogP contribution in [0.25, 0.3) is 0 Å². The van der Waals surface area contributed by atoms with Crippen LogP contribution in [-0.2, 0) is 17.1 Å². The SMILES string of the molecule is CN(CC(C)(C)CN)S(=O)(=O)c1cc(C(N)=O)n(C)c1.Cl. The van der Waals surface area contributed by atoms with Crippen LogP contribution >= 0.6 is 12.4 Å². The van der Waals surface area contributed by atoms with E-state index in [9.17, 15) is 13.2 Å². The fourth-order valence-corrected chi connectivity index (χ4v) is 3.28. The number of carbonyl (C=O) groups excluding carboxylic acids is 1. The van der Waals surface area contributed by atoms with Gasteiger partial charge in [0.25, 0.3) is 5.91 Å². The first kappa shape index (κ1) is 19.9. The molecule has 0 aliphatic rings. The van der Waals surface area contributed by atoms with Gasteiger partial charge in [-0.15, -0.1) is 12.4 Å². The van der Waals surface area contributed by atoms with E-state index < -0.39 is 15.9 Å². The molecule has 0 fully saturated rings. The van der Waals surface area contributed by atoms with Gasteiger partial charge in [-0.3, -0.25) is 4.79 Å². The van der Waals surface area contributed by atoms with Crippen LogP contribution in [0.5, 0.6) is 0 Å². The third kappa shape index (κ3) is 4.44. The van der Waals surface area contributed by atoms with Crippen molar-refractivity contribution in [1.82, 2.24) is 8.87 Å². The Morgan fingerprint density at radius 1 is 1.43 bits per heavy atom. The van der Waals surface area contributed by atoms with Gasteiger partial charge in [0.1, 0.15) is 10.6 Å². The maximum Gasteiger partial charge on any atom is 0.265 e. The lowest BCUT2D eigenvalue weighted by Gasteiger charge is -2.28. The van der Waals surface area contributed by atoms with E-state index >= 15 is 0 Å². The minimum atomic E-state index is -3.67. The number of aryl methyl sites for hydroxylation is 1. The van der Waals surface area contributed by atoms with Crippen molar-refractivity contribution in [3.8, 4) is 0 Å². The average Bonchev–Trinajstić information content (AvgIpc) is 2.71. The quantitative estimate of drug-likeness (QED) is 0.769. The lowest BCUT2D eigenvalue weighted by Crippen LogP contribution is -2.39. The van der Waals surface area contributed by atoms with E-state index in [1.54, 1.807) is 7.05 Å². The molecule has 9 heteroatoms. The summed E-state index contributed by atoms with van der Waals surface area (Å²) in [5, 5.41) is 0. The molecule has 1 aromatic heterocycles. The Hall–Kier alpha value is -1.09. The predicted molar refractivity (Wildman–Crippen MR) is 83.8 cm³/mol. The van der Waals surface area contributed by atoms with Crippen LogP contribution in [0.15, 0.2) is 17.2 Å². The zero-order valence-electron chi connectivity index (χ0n) is 12.7. The van der Waals surface area contributed by atoms with Gasteiger partial charge in [-0.2, -0.15) is 0 Å². The molecular formula is C12H23ClN4O3S. The summed E-state index contributed by atoms with van der Waals surface area (Å²) in [6, 6.07) is 1.28. The van der Waals surface area contributed by atoms with E-state index in [0.29, 0.717) is 6.54 Å². The Morgan fingerprint density at radius 2 is 1.95 bits per heavy atom. The molecule has 0 radical (unpaired) electrons. The average molecular weight is 339 g/mol. The maximum atomic E-state index is 12.4. The van der Waals surface area contributed by atoms with Crippen molar-refractivity contribution in [2.75, 3.05) is 20.1 Å². The van der Waals surface area contributed by atoms with Crippen molar-refractivity contribution in [2.24, 2.45) is 23.9 Å². The fraction of sp³-hybridized carbons (Fsp3) is 0.583. The largest absolute Gasteiger partial charge is 0.364 e. The highest BCUT2D eigenvalue weighted by Crippen LogP contribution is 2.21. The monoisotopic (exact) mass is 338 g/mol. The molecule has 0 atom stereocenters. The molecule has 0 saturated carbocycles. The summed E-state index contributed by atoms with van der Waals surface area (Å²) in [6.07, 6.45) is 1.38. The smallest absolute Gasteiger partial charge is 0.265 e. The highest BCUT2D eigenvalue weighted by molar-refractivity contribution is 7.89. The Bertz CT molecular complexity index is 610. The number of rotatable bonds is 6. The standard InChI is InChI=1S/C12H22N4O3S.ClH/c1-12(2,7-13)8-16(4)20(18,19)9-5-10(11(14)17)15(3)6-9;/h5-6H,7-8,13H2,1-4H3,(H2,14,17);1H. The van der Waals surface area contributed by atoms with Crippen molar-refractivity contribution in [2.45, 2.75) is 18.7 Å². The van der Waals surface area contributed by atoms with Gasteiger partial charge in [-0.05, 0) is 18.0 Å². The molecule has 0 aliphatic carbocycles. The second kappa shape index (κ2) is 6.78. The third-order valence-electron chi connectivity index (χ3n) is 3.14. The van der Waals surface area contributed by atoms with Crippen LogP contribution in [0, 0.1) is 5.41 Å². The molecule has 1 rings (SSSR count). The molecular weight excluding hydrogens is 316 g/mol. The second-order valence-electron chi connectivity index (χ2n) is 5.67. The topological polar surface area (TPSA) is 111 Å². The van der Waals surface area contributed by atoms with E-state index in [1.807, 2.05) is 13.8 Å². The van der Waals surface area contributed by atoms with E-state index in [4.69, 9.17) is 11.5 Å². The molecule has 122 valence electrons. The van der Waals surface area contributed by atoms with Gasteiger partial charge in [0, 0.05) is 26.8 Å².